The Morgan fingerprint density at radius 2 is 2.10 bits per heavy atom. The summed E-state index contributed by atoms with van der Waals surface area (Å²) in [5.41, 5.74) is 1.38. The molecule has 2 aromatic heterocycles. The van der Waals surface area contributed by atoms with Crippen molar-refractivity contribution < 1.29 is 4.42 Å². The lowest BCUT2D eigenvalue weighted by molar-refractivity contribution is 0.451. The van der Waals surface area contributed by atoms with Crippen molar-refractivity contribution in [3.63, 3.8) is 0 Å². The van der Waals surface area contributed by atoms with Gasteiger partial charge in [-0.25, -0.2) is 0 Å². The molecule has 3 aromatic rings. The van der Waals surface area contributed by atoms with Gasteiger partial charge in [0, 0.05) is 17.2 Å². The molecule has 1 unspecified atom stereocenters. The lowest BCUT2D eigenvalue weighted by atomic mass is 10.0. The van der Waals surface area contributed by atoms with Crippen molar-refractivity contribution in [3.8, 4) is 0 Å². The quantitative estimate of drug-likeness (QED) is 0.705. The van der Waals surface area contributed by atoms with Crippen LogP contribution in [0.15, 0.2) is 52.5 Å². The van der Waals surface area contributed by atoms with Crippen LogP contribution in [0.25, 0.3) is 10.1 Å². The molecule has 0 amide bonds. The predicted octanol–water partition coefficient (Wildman–Crippen LogP) is 4.78. The molecular weight excluding hydrogens is 266 g/mol. The van der Waals surface area contributed by atoms with E-state index in [1.165, 1.54) is 15.6 Å². The predicted molar refractivity (Wildman–Crippen MR) is 85.3 cm³/mol. The van der Waals surface area contributed by atoms with Crippen LogP contribution in [-0.4, -0.2) is 6.54 Å². The van der Waals surface area contributed by atoms with Gasteiger partial charge < -0.3 is 9.73 Å². The van der Waals surface area contributed by atoms with Crippen molar-refractivity contribution in [2.75, 3.05) is 6.54 Å². The zero-order chi connectivity index (χ0) is 13.8. The number of hydrogen-bond acceptors (Lipinski definition) is 3. The van der Waals surface area contributed by atoms with Crippen molar-refractivity contribution in [2.45, 2.75) is 25.8 Å². The molecule has 1 N–H and O–H groups in total. The highest BCUT2D eigenvalue weighted by Crippen LogP contribution is 2.31. The van der Waals surface area contributed by atoms with E-state index in [9.17, 15) is 0 Å². The fourth-order valence-electron chi connectivity index (χ4n) is 2.51. The Balaban J connectivity index is 1.91. The van der Waals surface area contributed by atoms with Gasteiger partial charge >= 0.3 is 0 Å². The molecule has 1 atom stereocenters. The summed E-state index contributed by atoms with van der Waals surface area (Å²) in [4.78, 5) is 0. The molecule has 2 heterocycles. The molecule has 0 aliphatic carbocycles. The molecule has 0 saturated heterocycles. The molecule has 0 fully saturated rings. The van der Waals surface area contributed by atoms with Crippen LogP contribution in [-0.2, 0) is 6.42 Å². The number of rotatable bonds is 6. The van der Waals surface area contributed by atoms with Crippen LogP contribution in [0, 0.1) is 0 Å². The minimum atomic E-state index is 0.317. The first-order chi connectivity index (χ1) is 9.88. The zero-order valence-corrected chi connectivity index (χ0v) is 12.5. The molecule has 0 radical (unpaired) electrons. The summed E-state index contributed by atoms with van der Waals surface area (Å²) < 4.78 is 6.87. The van der Waals surface area contributed by atoms with E-state index in [1.54, 1.807) is 6.26 Å². The summed E-state index contributed by atoms with van der Waals surface area (Å²) >= 11 is 1.82. The number of furan rings is 1. The molecule has 3 heteroatoms. The molecule has 0 aliphatic rings. The summed E-state index contributed by atoms with van der Waals surface area (Å²) in [5, 5.41) is 7.29. The van der Waals surface area contributed by atoms with Crippen molar-refractivity contribution in [1.82, 2.24) is 5.32 Å². The van der Waals surface area contributed by atoms with E-state index in [-0.39, 0.29) is 0 Å². The van der Waals surface area contributed by atoms with Crippen LogP contribution in [0.1, 0.15) is 30.7 Å². The molecule has 1 aromatic carbocycles. The largest absolute Gasteiger partial charge is 0.469 e. The van der Waals surface area contributed by atoms with E-state index in [0.29, 0.717) is 6.04 Å². The van der Waals surface area contributed by atoms with E-state index < -0.39 is 0 Å². The standard InChI is InChI=1S/C17H19NOS/c1-2-9-18-16(11-13-6-5-10-19-13)15-12-20-17-8-4-3-7-14(15)17/h3-8,10,12,16,18H,2,9,11H2,1H3. The maximum atomic E-state index is 5.52. The highest BCUT2D eigenvalue weighted by atomic mass is 32.1. The maximum absolute atomic E-state index is 5.52. The number of thiophene rings is 1. The molecular formula is C17H19NOS. The molecule has 0 bridgehead atoms. The van der Waals surface area contributed by atoms with Crippen LogP contribution in [0.4, 0.5) is 0 Å². The Morgan fingerprint density at radius 1 is 1.20 bits per heavy atom. The van der Waals surface area contributed by atoms with Gasteiger partial charge in [-0.1, -0.05) is 25.1 Å². The first kappa shape index (κ1) is 13.4. The van der Waals surface area contributed by atoms with Gasteiger partial charge in [0.2, 0.25) is 0 Å². The summed E-state index contributed by atoms with van der Waals surface area (Å²) in [6.45, 7) is 3.22. The van der Waals surface area contributed by atoms with Gasteiger partial charge in [0.1, 0.15) is 5.76 Å². The fourth-order valence-corrected chi connectivity index (χ4v) is 3.52. The van der Waals surface area contributed by atoms with Gasteiger partial charge in [0.15, 0.2) is 0 Å². The van der Waals surface area contributed by atoms with Gasteiger partial charge in [-0.15, -0.1) is 11.3 Å². The van der Waals surface area contributed by atoms with Crippen molar-refractivity contribution in [3.05, 3.63) is 59.4 Å². The first-order valence-electron chi connectivity index (χ1n) is 7.10. The summed E-state index contributed by atoms with van der Waals surface area (Å²) in [5.74, 6) is 1.04. The van der Waals surface area contributed by atoms with Crippen LogP contribution in [0.5, 0.6) is 0 Å². The van der Waals surface area contributed by atoms with Crippen LogP contribution in [0.3, 0.4) is 0 Å². The van der Waals surface area contributed by atoms with Gasteiger partial charge in [-0.3, -0.25) is 0 Å². The van der Waals surface area contributed by atoms with E-state index in [2.05, 4.69) is 48.0 Å². The van der Waals surface area contributed by atoms with Crippen LogP contribution in [0.2, 0.25) is 0 Å². The average molecular weight is 285 g/mol. The minimum Gasteiger partial charge on any atom is -0.469 e. The molecule has 3 rings (SSSR count). The molecule has 104 valence electrons. The monoisotopic (exact) mass is 285 g/mol. The second-order valence-electron chi connectivity index (χ2n) is 4.98. The first-order valence-corrected chi connectivity index (χ1v) is 7.98. The number of hydrogen-bond donors (Lipinski definition) is 1. The fraction of sp³-hybridized carbons (Fsp3) is 0.294. The topological polar surface area (TPSA) is 25.2 Å². The highest BCUT2D eigenvalue weighted by Gasteiger charge is 2.16. The molecule has 0 aliphatic heterocycles. The van der Waals surface area contributed by atoms with Gasteiger partial charge in [-0.2, -0.15) is 0 Å². The van der Waals surface area contributed by atoms with Crippen molar-refractivity contribution >= 4 is 21.4 Å². The van der Waals surface area contributed by atoms with E-state index in [1.807, 2.05) is 17.4 Å². The number of fused-ring (bicyclic) bond motifs is 1. The van der Waals surface area contributed by atoms with Crippen molar-refractivity contribution in [2.24, 2.45) is 0 Å². The SMILES string of the molecule is CCCNC(Cc1ccco1)c1csc2ccccc12. The Morgan fingerprint density at radius 3 is 2.90 bits per heavy atom. The summed E-state index contributed by atoms with van der Waals surface area (Å²) in [6.07, 6.45) is 3.78. The third-order valence-electron chi connectivity index (χ3n) is 3.51. The third kappa shape index (κ3) is 2.79. The molecule has 0 spiro atoms. The summed E-state index contributed by atoms with van der Waals surface area (Å²) in [7, 11) is 0. The van der Waals surface area contributed by atoms with Gasteiger partial charge in [0.05, 0.1) is 6.26 Å². The van der Waals surface area contributed by atoms with Gasteiger partial charge in [0.25, 0.3) is 0 Å². The second kappa shape index (κ2) is 6.25. The molecule has 2 nitrogen and oxygen atoms in total. The lowest BCUT2D eigenvalue weighted by Gasteiger charge is -2.17. The van der Waals surface area contributed by atoms with Crippen LogP contribution >= 0.6 is 11.3 Å². The second-order valence-corrected chi connectivity index (χ2v) is 5.89. The molecule has 20 heavy (non-hydrogen) atoms. The number of nitrogens with one attached hydrogen (secondary N) is 1. The molecule has 0 saturated carbocycles. The van der Waals surface area contributed by atoms with E-state index in [0.717, 1.165) is 25.1 Å². The minimum absolute atomic E-state index is 0.317. The lowest BCUT2D eigenvalue weighted by Crippen LogP contribution is -2.23. The Kier molecular flexibility index (Phi) is 4.19. The smallest absolute Gasteiger partial charge is 0.105 e. The van der Waals surface area contributed by atoms with Gasteiger partial charge in [-0.05, 0) is 47.5 Å². The maximum Gasteiger partial charge on any atom is 0.105 e. The third-order valence-corrected chi connectivity index (χ3v) is 4.49. The Labute approximate surface area is 123 Å². The van der Waals surface area contributed by atoms with Crippen molar-refractivity contribution in [1.29, 1.82) is 0 Å². The zero-order valence-electron chi connectivity index (χ0n) is 11.6. The van der Waals surface area contributed by atoms with E-state index >= 15 is 0 Å². The van der Waals surface area contributed by atoms with Crippen LogP contribution < -0.4 is 5.32 Å². The Hall–Kier alpha value is -1.58. The Bertz CT molecular complexity index is 657. The average Bonchev–Trinajstić information content (AvgIpc) is 3.12. The summed E-state index contributed by atoms with van der Waals surface area (Å²) in [6, 6.07) is 12.9. The normalized spacial score (nSPS) is 12.8. The number of benzene rings is 1. The van der Waals surface area contributed by atoms with E-state index in [4.69, 9.17) is 4.42 Å². The highest BCUT2D eigenvalue weighted by molar-refractivity contribution is 7.17.